The molecule has 0 aliphatic heterocycles. The van der Waals surface area contributed by atoms with Gasteiger partial charge in [-0.2, -0.15) is 0 Å². The molecule has 0 aliphatic carbocycles. The summed E-state index contributed by atoms with van der Waals surface area (Å²) in [5.41, 5.74) is 5.00. The Morgan fingerprint density at radius 1 is 0.605 bits per heavy atom. The van der Waals surface area contributed by atoms with E-state index in [2.05, 4.69) is 0 Å². The molecule has 1 unspecified atom stereocenters. The summed E-state index contributed by atoms with van der Waals surface area (Å²) in [4.78, 5) is 2.23. The summed E-state index contributed by atoms with van der Waals surface area (Å²) in [7, 11) is 0.0534. The first-order chi connectivity index (χ1) is 18.4. The normalized spacial score (nSPS) is 12.2. The van der Waals surface area contributed by atoms with Crippen molar-refractivity contribution in [2.24, 2.45) is 0 Å². The molecular weight excluding hydrogens is 490 g/mol. The molecule has 0 radical (unpaired) electrons. The molecule has 5 aromatic carbocycles. The first-order valence-electron chi connectivity index (χ1n) is 12.4. The number of nitrogens with zero attached hydrogens (tertiary/aromatic N) is 1. The third-order valence-corrected chi connectivity index (χ3v) is 8.79. The number of hydrogen-bond donors (Lipinski definition) is 1. The van der Waals surface area contributed by atoms with Gasteiger partial charge in [-0.3, -0.25) is 0 Å². The Kier molecular flexibility index (Phi) is 7.03. The van der Waals surface area contributed by atoms with Gasteiger partial charge in [0.15, 0.2) is 9.84 Å². The number of benzene rings is 5. The lowest BCUT2D eigenvalue weighted by Gasteiger charge is -2.23. The van der Waals surface area contributed by atoms with Crippen LogP contribution in [0.3, 0.4) is 0 Å². The number of phenolic OH excluding ortho intramolecular Hbond substituents is 1. The molecule has 0 spiro atoms. The molecule has 4 nitrogen and oxygen atoms in total. The van der Waals surface area contributed by atoms with Gasteiger partial charge >= 0.3 is 0 Å². The molecule has 0 amide bonds. The Morgan fingerprint density at radius 3 is 1.50 bits per heavy atom. The van der Waals surface area contributed by atoms with Gasteiger partial charge in [0, 0.05) is 30.9 Å². The number of aromatic hydroxyl groups is 1. The van der Waals surface area contributed by atoms with Crippen molar-refractivity contribution in [3.8, 4) is 28.0 Å². The summed E-state index contributed by atoms with van der Waals surface area (Å²) < 4.78 is 28.5. The van der Waals surface area contributed by atoms with Crippen LogP contribution in [-0.2, 0) is 9.84 Å². The van der Waals surface area contributed by atoms with Crippen LogP contribution >= 0.6 is 0 Å². The third kappa shape index (κ3) is 4.93. The molecule has 1 atom stereocenters. The highest BCUT2D eigenvalue weighted by Gasteiger charge is 2.32. The fourth-order valence-electron chi connectivity index (χ4n) is 4.73. The molecule has 1 N–H and O–H groups in total. The molecule has 0 aliphatic rings. The molecule has 190 valence electrons. The smallest absolute Gasteiger partial charge is 0.189 e. The molecular formula is C33H29NO3S. The van der Waals surface area contributed by atoms with Gasteiger partial charge in [-0.05, 0) is 58.7 Å². The predicted octanol–water partition coefficient (Wildman–Crippen LogP) is 7.36. The van der Waals surface area contributed by atoms with E-state index in [4.69, 9.17) is 0 Å². The average Bonchev–Trinajstić information content (AvgIpc) is 2.95. The lowest BCUT2D eigenvalue weighted by molar-refractivity contribution is 0.479. The summed E-state index contributed by atoms with van der Waals surface area (Å²) in [6.45, 7) is 0. The van der Waals surface area contributed by atoms with E-state index in [0.29, 0.717) is 22.3 Å². The fraction of sp³-hybridized carbons (Fsp3) is 0.0909. The number of phenols is 1. The second-order valence-corrected chi connectivity index (χ2v) is 11.5. The van der Waals surface area contributed by atoms with Crippen LogP contribution in [0.4, 0.5) is 5.69 Å². The van der Waals surface area contributed by atoms with Crippen molar-refractivity contribution in [3.05, 3.63) is 139 Å². The SMILES string of the molecule is CN(C)c1ccc(C(c2cc(-c3ccccc3)c(O)c(-c3ccccc3)c2)S(=O)(=O)c2ccccc2)cc1. The van der Waals surface area contributed by atoms with Crippen LogP contribution in [0.25, 0.3) is 22.3 Å². The first-order valence-corrected chi connectivity index (χ1v) is 13.9. The maximum Gasteiger partial charge on any atom is 0.189 e. The van der Waals surface area contributed by atoms with Gasteiger partial charge in [0.2, 0.25) is 0 Å². The molecule has 0 fully saturated rings. The zero-order valence-electron chi connectivity index (χ0n) is 21.3. The first kappa shape index (κ1) is 25.3. The average molecular weight is 520 g/mol. The van der Waals surface area contributed by atoms with E-state index in [0.717, 1.165) is 16.8 Å². The monoisotopic (exact) mass is 519 g/mol. The second-order valence-electron chi connectivity index (χ2n) is 9.42. The van der Waals surface area contributed by atoms with Gasteiger partial charge < -0.3 is 10.0 Å². The van der Waals surface area contributed by atoms with Crippen molar-refractivity contribution >= 4 is 15.5 Å². The van der Waals surface area contributed by atoms with Crippen LogP contribution in [0.5, 0.6) is 5.75 Å². The van der Waals surface area contributed by atoms with Crippen molar-refractivity contribution in [2.75, 3.05) is 19.0 Å². The van der Waals surface area contributed by atoms with Crippen molar-refractivity contribution in [1.29, 1.82) is 0 Å². The van der Waals surface area contributed by atoms with Crippen molar-refractivity contribution in [1.82, 2.24) is 0 Å². The van der Waals surface area contributed by atoms with Crippen LogP contribution in [0.1, 0.15) is 16.4 Å². The van der Waals surface area contributed by atoms with E-state index in [1.165, 1.54) is 0 Å². The van der Waals surface area contributed by atoms with Gasteiger partial charge in [0.05, 0.1) is 4.90 Å². The van der Waals surface area contributed by atoms with Crippen LogP contribution in [0, 0.1) is 0 Å². The van der Waals surface area contributed by atoms with Gasteiger partial charge in [0.25, 0.3) is 0 Å². The molecule has 5 rings (SSSR count). The van der Waals surface area contributed by atoms with Crippen LogP contribution in [-0.4, -0.2) is 27.6 Å². The predicted molar refractivity (Wildman–Crippen MR) is 155 cm³/mol. The number of rotatable bonds is 7. The highest BCUT2D eigenvalue weighted by Crippen LogP contribution is 2.44. The van der Waals surface area contributed by atoms with E-state index >= 15 is 0 Å². The largest absolute Gasteiger partial charge is 0.507 e. The zero-order chi connectivity index (χ0) is 26.7. The zero-order valence-corrected chi connectivity index (χ0v) is 22.1. The molecule has 0 heterocycles. The van der Waals surface area contributed by atoms with Gasteiger partial charge in [-0.15, -0.1) is 0 Å². The van der Waals surface area contributed by atoms with E-state index < -0.39 is 15.1 Å². The summed E-state index contributed by atoms with van der Waals surface area (Å²) in [5.74, 6) is 0.116. The van der Waals surface area contributed by atoms with Crippen LogP contribution < -0.4 is 4.90 Å². The van der Waals surface area contributed by atoms with Gasteiger partial charge in [-0.25, -0.2) is 8.42 Å². The molecule has 0 saturated heterocycles. The quantitative estimate of drug-likeness (QED) is 0.244. The molecule has 5 aromatic rings. The second kappa shape index (κ2) is 10.6. The molecule has 5 heteroatoms. The number of hydrogen-bond acceptors (Lipinski definition) is 4. The summed E-state index contributed by atoms with van der Waals surface area (Å²) >= 11 is 0. The Bertz CT molecular complexity index is 1570. The van der Waals surface area contributed by atoms with Crippen LogP contribution in [0.15, 0.2) is 132 Å². The summed E-state index contributed by atoms with van der Waals surface area (Å²) in [6.07, 6.45) is 0. The highest BCUT2D eigenvalue weighted by molar-refractivity contribution is 7.91. The molecule has 0 aromatic heterocycles. The van der Waals surface area contributed by atoms with E-state index in [9.17, 15) is 13.5 Å². The third-order valence-electron chi connectivity index (χ3n) is 6.70. The summed E-state index contributed by atoms with van der Waals surface area (Å²) in [6, 6.07) is 38.9. The van der Waals surface area contributed by atoms with Gasteiger partial charge in [-0.1, -0.05) is 91.0 Å². The lowest BCUT2D eigenvalue weighted by atomic mass is 9.92. The maximum absolute atomic E-state index is 14.3. The highest BCUT2D eigenvalue weighted by atomic mass is 32.2. The molecule has 38 heavy (non-hydrogen) atoms. The van der Waals surface area contributed by atoms with Crippen molar-refractivity contribution < 1.29 is 13.5 Å². The molecule has 0 bridgehead atoms. The Morgan fingerprint density at radius 2 is 1.05 bits per heavy atom. The minimum absolute atomic E-state index is 0.116. The fourth-order valence-corrected chi connectivity index (χ4v) is 6.55. The topological polar surface area (TPSA) is 57.6 Å². The Balaban J connectivity index is 1.80. The van der Waals surface area contributed by atoms with Crippen molar-refractivity contribution in [3.63, 3.8) is 0 Å². The van der Waals surface area contributed by atoms with Crippen molar-refractivity contribution in [2.45, 2.75) is 10.1 Å². The Hall–Kier alpha value is -4.35. The number of sulfone groups is 1. The Labute approximate surface area is 224 Å². The minimum Gasteiger partial charge on any atom is -0.507 e. The van der Waals surface area contributed by atoms with E-state index in [-0.39, 0.29) is 10.6 Å². The molecule has 0 saturated carbocycles. The number of anilines is 1. The summed E-state index contributed by atoms with van der Waals surface area (Å²) in [5, 5.41) is 10.5. The van der Waals surface area contributed by atoms with Crippen LogP contribution in [0.2, 0.25) is 0 Å². The lowest BCUT2D eigenvalue weighted by Crippen LogP contribution is -2.16. The van der Waals surface area contributed by atoms with E-state index in [1.807, 2.05) is 122 Å². The minimum atomic E-state index is -3.85. The van der Waals surface area contributed by atoms with E-state index in [1.54, 1.807) is 24.3 Å². The maximum atomic E-state index is 14.3. The standard InChI is InChI=1S/C33H29NO3S/c1-34(2)28-20-18-26(19-21-28)33(38(36,37)29-16-10-5-11-17-29)27-22-30(24-12-6-3-7-13-24)32(35)31(23-27)25-14-8-4-9-15-25/h3-23,33,35H,1-2H3. The van der Waals surface area contributed by atoms with Gasteiger partial charge in [0.1, 0.15) is 11.0 Å².